The summed E-state index contributed by atoms with van der Waals surface area (Å²) in [5, 5.41) is 0. The summed E-state index contributed by atoms with van der Waals surface area (Å²) in [5.74, 6) is 0.840. The van der Waals surface area contributed by atoms with E-state index in [-0.39, 0.29) is 23.3 Å². The zero-order chi connectivity index (χ0) is 16.7. The van der Waals surface area contributed by atoms with E-state index < -0.39 is 0 Å². The zero-order valence-electron chi connectivity index (χ0n) is 14.4. The highest BCUT2D eigenvalue weighted by Crippen LogP contribution is 2.45. The largest absolute Gasteiger partial charge is 0.342 e. The van der Waals surface area contributed by atoms with E-state index in [9.17, 15) is 9.59 Å². The van der Waals surface area contributed by atoms with Crippen LogP contribution in [0.15, 0.2) is 30.3 Å². The number of likely N-dealkylation sites (tertiary alicyclic amines) is 2. The third kappa shape index (κ3) is 2.43. The fourth-order valence-electron chi connectivity index (χ4n) is 4.61. The molecule has 1 atom stereocenters. The van der Waals surface area contributed by atoms with E-state index >= 15 is 0 Å². The summed E-state index contributed by atoms with van der Waals surface area (Å²) in [4.78, 5) is 29.3. The third-order valence-corrected chi connectivity index (χ3v) is 6.59. The lowest BCUT2D eigenvalue weighted by atomic mass is 9.80. The van der Waals surface area contributed by atoms with E-state index in [1.165, 1.54) is 6.42 Å². The van der Waals surface area contributed by atoms with Crippen molar-refractivity contribution >= 4 is 11.8 Å². The second kappa shape index (κ2) is 5.91. The average molecular weight is 326 g/mol. The minimum atomic E-state index is -0.0615. The molecule has 0 bridgehead atoms. The van der Waals surface area contributed by atoms with Gasteiger partial charge in [-0.2, -0.15) is 0 Å². The number of nitrogens with zero attached hydrogens (tertiary/aromatic N) is 2. The molecule has 1 saturated carbocycles. The molecule has 2 heterocycles. The minimum absolute atomic E-state index is 0.0231. The standard InChI is InChI=1S/C20H26N2O2/c1-21-19(24)17(15-6-3-2-4-7-15)14-20(21)10-12-22(13-11-20)18(23)16-8-5-9-16/h2-4,6-7,16-17H,5,8-14H2,1H3/t17-/m1/s1. The number of hydrogen-bond acceptors (Lipinski definition) is 2. The normalized spacial score (nSPS) is 26.7. The summed E-state index contributed by atoms with van der Waals surface area (Å²) in [5.41, 5.74) is 1.06. The fraction of sp³-hybridized carbons (Fsp3) is 0.600. The summed E-state index contributed by atoms with van der Waals surface area (Å²) >= 11 is 0. The molecule has 2 amide bonds. The van der Waals surface area contributed by atoms with Gasteiger partial charge in [0.2, 0.25) is 11.8 Å². The number of likely N-dealkylation sites (N-methyl/N-ethyl adjacent to an activating group) is 1. The van der Waals surface area contributed by atoms with Gasteiger partial charge in [-0.25, -0.2) is 0 Å². The van der Waals surface area contributed by atoms with Crippen LogP contribution in [0.2, 0.25) is 0 Å². The summed E-state index contributed by atoms with van der Waals surface area (Å²) < 4.78 is 0. The number of rotatable bonds is 2. The number of carbonyl (C=O) groups excluding carboxylic acids is 2. The maximum atomic E-state index is 12.8. The highest BCUT2D eigenvalue weighted by Gasteiger charge is 2.51. The smallest absolute Gasteiger partial charge is 0.230 e. The van der Waals surface area contributed by atoms with Crippen molar-refractivity contribution < 1.29 is 9.59 Å². The lowest BCUT2D eigenvalue weighted by Gasteiger charge is -2.44. The lowest BCUT2D eigenvalue weighted by Crippen LogP contribution is -2.54. The molecule has 128 valence electrons. The predicted molar refractivity (Wildman–Crippen MR) is 92.5 cm³/mol. The number of benzene rings is 1. The third-order valence-electron chi connectivity index (χ3n) is 6.59. The molecule has 4 heteroatoms. The molecule has 2 saturated heterocycles. The van der Waals surface area contributed by atoms with Crippen LogP contribution in [0.25, 0.3) is 0 Å². The van der Waals surface area contributed by atoms with E-state index in [0.717, 1.165) is 50.8 Å². The number of hydrogen-bond donors (Lipinski definition) is 0. The Labute approximate surface area is 143 Å². The molecule has 4 nitrogen and oxygen atoms in total. The molecule has 0 radical (unpaired) electrons. The Hall–Kier alpha value is -1.84. The van der Waals surface area contributed by atoms with Crippen LogP contribution >= 0.6 is 0 Å². The first kappa shape index (κ1) is 15.7. The van der Waals surface area contributed by atoms with Gasteiger partial charge in [0.1, 0.15) is 0 Å². The predicted octanol–water partition coefficient (Wildman–Crippen LogP) is 2.79. The fourth-order valence-corrected chi connectivity index (χ4v) is 4.61. The zero-order valence-corrected chi connectivity index (χ0v) is 14.4. The summed E-state index contributed by atoms with van der Waals surface area (Å²) in [6.07, 6.45) is 6.04. The average Bonchev–Trinajstić information content (AvgIpc) is 2.80. The molecule has 2 aliphatic heterocycles. The van der Waals surface area contributed by atoms with Crippen molar-refractivity contribution in [2.45, 2.75) is 50.0 Å². The van der Waals surface area contributed by atoms with Gasteiger partial charge in [-0.15, -0.1) is 0 Å². The maximum absolute atomic E-state index is 12.8. The van der Waals surface area contributed by atoms with Crippen LogP contribution in [0.4, 0.5) is 0 Å². The van der Waals surface area contributed by atoms with Gasteiger partial charge in [0, 0.05) is 31.6 Å². The van der Waals surface area contributed by atoms with E-state index in [0.29, 0.717) is 5.91 Å². The summed E-state index contributed by atoms with van der Waals surface area (Å²) in [7, 11) is 1.95. The molecule has 3 aliphatic rings. The van der Waals surface area contributed by atoms with Gasteiger partial charge in [0.25, 0.3) is 0 Å². The molecule has 0 unspecified atom stereocenters. The Kier molecular flexibility index (Phi) is 3.86. The van der Waals surface area contributed by atoms with Gasteiger partial charge >= 0.3 is 0 Å². The van der Waals surface area contributed by atoms with Crippen molar-refractivity contribution in [1.29, 1.82) is 0 Å². The molecular formula is C20H26N2O2. The molecule has 0 aromatic heterocycles. The quantitative estimate of drug-likeness (QED) is 0.838. The van der Waals surface area contributed by atoms with Crippen molar-refractivity contribution in [3.63, 3.8) is 0 Å². The van der Waals surface area contributed by atoms with Crippen LogP contribution in [0, 0.1) is 5.92 Å². The van der Waals surface area contributed by atoms with Crippen molar-refractivity contribution in [1.82, 2.24) is 9.80 Å². The van der Waals surface area contributed by atoms with Crippen molar-refractivity contribution in [2.75, 3.05) is 20.1 Å². The second-order valence-corrected chi connectivity index (χ2v) is 7.74. The van der Waals surface area contributed by atoms with Gasteiger partial charge in [-0.3, -0.25) is 9.59 Å². The molecule has 24 heavy (non-hydrogen) atoms. The van der Waals surface area contributed by atoms with Crippen molar-refractivity contribution in [3.05, 3.63) is 35.9 Å². The molecule has 0 N–H and O–H groups in total. The van der Waals surface area contributed by atoms with Crippen LogP contribution in [-0.2, 0) is 9.59 Å². The molecule has 1 aromatic rings. The van der Waals surface area contributed by atoms with Gasteiger partial charge in [-0.1, -0.05) is 36.8 Å². The van der Waals surface area contributed by atoms with Crippen molar-refractivity contribution in [2.24, 2.45) is 5.92 Å². The Morgan fingerprint density at radius 1 is 1.12 bits per heavy atom. The minimum Gasteiger partial charge on any atom is -0.342 e. The monoisotopic (exact) mass is 326 g/mol. The lowest BCUT2D eigenvalue weighted by molar-refractivity contribution is -0.141. The van der Waals surface area contributed by atoms with Crippen LogP contribution in [0.1, 0.15) is 50.0 Å². The maximum Gasteiger partial charge on any atom is 0.230 e. The molecule has 1 aliphatic carbocycles. The number of piperidine rings is 1. The van der Waals surface area contributed by atoms with E-state index in [1.807, 2.05) is 35.0 Å². The highest BCUT2D eigenvalue weighted by atomic mass is 16.2. The van der Waals surface area contributed by atoms with Crippen molar-refractivity contribution in [3.8, 4) is 0 Å². The Morgan fingerprint density at radius 3 is 2.38 bits per heavy atom. The molecule has 3 fully saturated rings. The summed E-state index contributed by atoms with van der Waals surface area (Å²) in [6, 6.07) is 10.1. The molecule has 4 rings (SSSR count). The van der Waals surface area contributed by atoms with Gasteiger partial charge in [0.15, 0.2) is 0 Å². The van der Waals surface area contributed by atoms with Crippen LogP contribution in [-0.4, -0.2) is 47.3 Å². The molecule has 1 aromatic carbocycles. The SMILES string of the molecule is CN1C(=O)[C@@H](c2ccccc2)CC12CCN(C(=O)C1CCC1)CC2. The first-order valence-corrected chi connectivity index (χ1v) is 9.22. The van der Waals surface area contributed by atoms with E-state index in [2.05, 4.69) is 12.1 Å². The Balaban J connectivity index is 1.46. The van der Waals surface area contributed by atoms with E-state index in [1.54, 1.807) is 0 Å². The van der Waals surface area contributed by atoms with Gasteiger partial charge in [0.05, 0.1) is 5.92 Å². The molecule has 1 spiro atoms. The second-order valence-electron chi connectivity index (χ2n) is 7.74. The Morgan fingerprint density at radius 2 is 1.79 bits per heavy atom. The molecular weight excluding hydrogens is 300 g/mol. The Bertz CT molecular complexity index is 630. The van der Waals surface area contributed by atoms with Gasteiger partial charge < -0.3 is 9.80 Å². The highest BCUT2D eigenvalue weighted by molar-refractivity contribution is 5.87. The van der Waals surface area contributed by atoms with Gasteiger partial charge in [-0.05, 0) is 37.7 Å². The number of carbonyl (C=O) groups is 2. The topological polar surface area (TPSA) is 40.6 Å². The first-order valence-electron chi connectivity index (χ1n) is 9.22. The number of amides is 2. The first-order chi connectivity index (χ1) is 11.6. The van der Waals surface area contributed by atoms with Crippen LogP contribution in [0.3, 0.4) is 0 Å². The van der Waals surface area contributed by atoms with E-state index in [4.69, 9.17) is 0 Å². The van der Waals surface area contributed by atoms with Crippen LogP contribution < -0.4 is 0 Å². The van der Waals surface area contributed by atoms with Crippen LogP contribution in [0.5, 0.6) is 0 Å². The summed E-state index contributed by atoms with van der Waals surface area (Å²) in [6.45, 7) is 1.60.